The molecular formula is C68H124O6. The number of ether oxygens (including phenoxy) is 3. The monoisotopic (exact) mass is 1040 g/mol. The van der Waals surface area contributed by atoms with Crippen molar-refractivity contribution in [2.24, 2.45) is 0 Å². The summed E-state index contributed by atoms with van der Waals surface area (Å²) >= 11 is 0. The highest BCUT2D eigenvalue weighted by molar-refractivity contribution is 5.71. The third-order valence-corrected chi connectivity index (χ3v) is 14.6. The fourth-order valence-electron chi connectivity index (χ4n) is 9.62. The van der Waals surface area contributed by atoms with Gasteiger partial charge in [-0.1, -0.05) is 294 Å². The molecule has 6 heteroatoms. The summed E-state index contributed by atoms with van der Waals surface area (Å²) in [5, 5.41) is 0. The van der Waals surface area contributed by atoms with Crippen LogP contribution in [0.3, 0.4) is 0 Å². The van der Waals surface area contributed by atoms with Crippen LogP contribution in [0.5, 0.6) is 0 Å². The quantitative estimate of drug-likeness (QED) is 0.0261. The molecule has 0 N–H and O–H groups in total. The van der Waals surface area contributed by atoms with Gasteiger partial charge in [0.05, 0.1) is 0 Å². The van der Waals surface area contributed by atoms with Gasteiger partial charge in [-0.2, -0.15) is 0 Å². The van der Waals surface area contributed by atoms with Crippen molar-refractivity contribution in [2.45, 2.75) is 354 Å². The molecule has 0 bridgehead atoms. The summed E-state index contributed by atoms with van der Waals surface area (Å²) in [6.07, 6.45) is 78.3. The van der Waals surface area contributed by atoms with Gasteiger partial charge in [-0.15, -0.1) is 0 Å². The highest BCUT2D eigenvalue weighted by Gasteiger charge is 2.19. The van der Waals surface area contributed by atoms with E-state index in [2.05, 4.69) is 69.4 Å². The van der Waals surface area contributed by atoms with E-state index < -0.39 is 6.10 Å². The largest absolute Gasteiger partial charge is 0.462 e. The Hall–Kier alpha value is -2.63. The highest BCUT2D eigenvalue weighted by atomic mass is 16.6. The lowest BCUT2D eigenvalue weighted by Gasteiger charge is -2.18. The topological polar surface area (TPSA) is 78.9 Å². The van der Waals surface area contributed by atoms with Crippen LogP contribution in [0, 0.1) is 0 Å². The standard InChI is InChI=1S/C68H124O6/c1-4-7-10-13-16-19-22-25-28-30-32-34-36-37-40-43-46-49-52-55-58-61-67(70)73-64-65(63-72-66(69)60-57-54-51-48-45-42-39-27-24-21-18-15-12-9-6-3)74-68(71)62-59-56-53-50-47-44-41-38-35-33-31-29-26-23-20-17-14-11-8-5-2/h18,21-22,25,27,30,32,39,65H,4-17,19-20,23-24,26,28-29,31,33-38,40-64H2,1-3H3/b21-18-,25-22-,32-30-,39-27-. The summed E-state index contributed by atoms with van der Waals surface area (Å²) in [4.78, 5) is 38.3. The van der Waals surface area contributed by atoms with E-state index >= 15 is 0 Å². The molecule has 0 spiro atoms. The summed E-state index contributed by atoms with van der Waals surface area (Å²) in [6, 6.07) is 0. The van der Waals surface area contributed by atoms with E-state index in [1.807, 2.05) is 0 Å². The third kappa shape index (κ3) is 60.2. The number of carbonyl (C=O) groups excluding carboxylic acids is 3. The maximum atomic E-state index is 12.9. The predicted octanol–water partition coefficient (Wildman–Crippen LogP) is 22.2. The van der Waals surface area contributed by atoms with E-state index in [1.165, 1.54) is 225 Å². The maximum absolute atomic E-state index is 12.9. The zero-order valence-corrected chi connectivity index (χ0v) is 49.6. The highest BCUT2D eigenvalue weighted by Crippen LogP contribution is 2.17. The lowest BCUT2D eigenvalue weighted by Crippen LogP contribution is -2.30. The lowest BCUT2D eigenvalue weighted by molar-refractivity contribution is -0.167. The molecule has 0 saturated heterocycles. The number of unbranched alkanes of at least 4 members (excludes halogenated alkanes) is 41. The Balaban J connectivity index is 4.34. The van der Waals surface area contributed by atoms with Crippen LogP contribution in [-0.4, -0.2) is 37.2 Å². The molecule has 0 heterocycles. The van der Waals surface area contributed by atoms with Crippen molar-refractivity contribution in [3.8, 4) is 0 Å². The van der Waals surface area contributed by atoms with E-state index in [4.69, 9.17) is 14.2 Å². The second-order valence-electron chi connectivity index (χ2n) is 22.0. The van der Waals surface area contributed by atoms with E-state index in [1.54, 1.807) is 0 Å². The molecule has 0 fully saturated rings. The van der Waals surface area contributed by atoms with Gasteiger partial charge in [-0.25, -0.2) is 0 Å². The molecule has 0 saturated carbocycles. The average Bonchev–Trinajstić information content (AvgIpc) is 3.40. The molecular weight excluding hydrogens is 913 g/mol. The van der Waals surface area contributed by atoms with Crippen LogP contribution in [-0.2, 0) is 28.6 Å². The number of esters is 3. The summed E-state index contributed by atoms with van der Waals surface area (Å²) in [7, 11) is 0. The molecule has 0 aromatic heterocycles. The summed E-state index contributed by atoms with van der Waals surface area (Å²) < 4.78 is 16.9. The van der Waals surface area contributed by atoms with Crippen molar-refractivity contribution in [2.75, 3.05) is 13.2 Å². The molecule has 432 valence electrons. The van der Waals surface area contributed by atoms with E-state index in [0.717, 1.165) is 83.5 Å². The summed E-state index contributed by atoms with van der Waals surface area (Å²) in [5.41, 5.74) is 0. The molecule has 0 rings (SSSR count). The first-order valence-corrected chi connectivity index (χ1v) is 32.6. The summed E-state index contributed by atoms with van der Waals surface area (Å²) in [6.45, 7) is 6.65. The van der Waals surface area contributed by atoms with Crippen LogP contribution in [0.15, 0.2) is 48.6 Å². The number of rotatable bonds is 60. The van der Waals surface area contributed by atoms with Crippen molar-refractivity contribution in [3.63, 3.8) is 0 Å². The minimum atomic E-state index is -0.780. The van der Waals surface area contributed by atoms with E-state index in [0.29, 0.717) is 19.3 Å². The van der Waals surface area contributed by atoms with Gasteiger partial charge >= 0.3 is 17.9 Å². The second kappa shape index (κ2) is 62.9. The van der Waals surface area contributed by atoms with Gasteiger partial charge in [0, 0.05) is 19.3 Å². The zero-order valence-electron chi connectivity index (χ0n) is 49.6. The van der Waals surface area contributed by atoms with Gasteiger partial charge < -0.3 is 14.2 Å². The molecule has 0 aromatic rings. The maximum Gasteiger partial charge on any atom is 0.306 e. The van der Waals surface area contributed by atoms with Crippen molar-refractivity contribution in [3.05, 3.63) is 48.6 Å². The average molecular weight is 1040 g/mol. The Bertz CT molecular complexity index is 1280. The van der Waals surface area contributed by atoms with Crippen LogP contribution in [0.25, 0.3) is 0 Å². The molecule has 0 aliphatic carbocycles. The Kier molecular flexibility index (Phi) is 60.7. The van der Waals surface area contributed by atoms with Crippen LogP contribution in [0.1, 0.15) is 348 Å². The van der Waals surface area contributed by atoms with Gasteiger partial charge in [0.2, 0.25) is 0 Å². The second-order valence-corrected chi connectivity index (χ2v) is 22.0. The Morgan fingerprint density at radius 3 is 0.770 bits per heavy atom. The molecule has 1 unspecified atom stereocenters. The lowest BCUT2D eigenvalue weighted by atomic mass is 10.0. The van der Waals surface area contributed by atoms with Crippen LogP contribution in [0.4, 0.5) is 0 Å². The van der Waals surface area contributed by atoms with Gasteiger partial charge in [-0.05, 0) is 83.5 Å². The van der Waals surface area contributed by atoms with Gasteiger partial charge in [0.15, 0.2) is 6.10 Å². The third-order valence-electron chi connectivity index (χ3n) is 14.6. The van der Waals surface area contributed by atoms with Crippen molar-refractivity contribution in [1.29, 1.82) is 0 Å². The smallest absolute Gasteiger partial charge is 0.306 e. The Labute approximate surface area is 460 Å². The molecule has 0 amide bonds. The Morgan fingerprint density at radius 1 is 0.270 bits per heavy atom. The first-order chi connectivity index (χ1) is 36.5. The Morgan fingerprint density at radius 2 is 0.486 bits per heavy atom. The van der Waals surface area contributed by atoms with Crippen LogP contribution < -0.4 is 0 Å². The molecule has 0 radical (unpaired) electrons. The number of carbonyl (C=O) groups is 3. The fraction of sp³-hybridized carbons (Fsp3) is 0.838. The first kappa shape index (κ1) is 71.4. The minimum Gasteiger partial charge on any atom is -0.462 e. The number of hydrogen-bond acceptors (Lipinski definition) is 6. The van der Waals surface area contributed by atoms with Crippen molar-refractivity contribution >= 4 is 17.9 Å². The normalized spacial score (nSPS) is 12.3. The SMILES string of the molecule is CCCCC/C=C\C/C=C\CCCCCCCC(=O)OCC(COC(=O)CCCCCCCCCCC/C=C\C/C=C\CCCCCCC)OC(=O)CCCCCCCCCCCCCCCCCCCCCC. The first-order valence-electron chi connectivity index (χ1n) is 32.6. The van der Waals surface area contributed by atoms with Gasteiger partial charge in [0.1, 0.15) is 13.2 Å². The van der Waals surface area contributed by atoms with Gasteiger partial charge in [0.25, 0.3) is 0 Å². The molecule has 1 atom stereocenters. The number of allylic oxidation sites excluding steroid dienone is 8. The van der Waals surface area contributed by atoms with Crippen molar-refractivity contribution < 1.29 is 28.6 Å². The number of hydrogen-bond donors (Lipinski definition) is 0. The summed E-state index contributed by atoms with van der Waals surface area (Å²) in [5.74, 6) is -0.872. The van der Waals surface area contributed by atoms with E-state index in [9.17, 15) is 14.4 Å². The molecule has 74 heavy (non-hydrogen) atoms. The van der Waals surface area contributed by atoms with Crippen LogP contribution in [0.2, 0.25) is 0 Å². The van der Waals surface area contributed by atoms with Crippen LogP contribution >= 0.6 is 0 Å². The minimum absolute atomic E-state index is 0.0765. The van der Waals surface area contributed by atoms with E-state index in [-0.39, 0.29) is 31.1 Å². The zero-order chi connectivity index (χ0) is 53.6. The van der Waals surface area contributed by atoms with Crippen molar-refractivity contribution in [1.82, 2.24) is 0 Å². The fourth-order valence-corrected chi connectivity index (χ4v) is 9.62. The van der Waals surface area contributed by atoms with Gasteiger partial charge in [-0.3, -0.25) is 14.4 Å². The molecule has 0 aliphatic heterocycles. The predicted molar refractivity (Wildman–Crippen MR) is 321 cm³/mol. The molecule has 0 aromatic carbocycles. The molecule has 0 aliphatic rings. The molecule has 6 nitrogen and oxygen atoms in total.